The number of hydrogen-bond acceptors (Lipinski definition) is 3. The van der Waals surface area contributed by atoms with Gasteiger partial charge in [0.15, 0.2) is 0 Å². The first-order chi connectivity index (χ1) is 9.75. The van der Waals surface area contributed by atoms with Crippen LogP contribution in [0.3, 0.4) is 0 Å². The Morgan fingerprint density at radius 2 is 2.05 bits per heavy atom. The van der Waals surface area contributed by atoms with Crippen LogP contribution in [0.4, 0.5) is 0 Å². The number of carbonyl (C=O) groups is 1. The zero-order valence-corrected chi connectivity index (χ0v) is 11.1. The van der Waals surface area contributed by atoms with Gasteiger partial charge >= 0.3 is 5.97 Å². The smallest absolute Gasteiger partial charge is 0.307 e. The summed E-state index contributed by atoms with van der Waals surface area (Å²) >= 11 is 0. The summed E-state index contributed by atoms with van der Waals surface area (Å²) in [5, 5.41) is 9.16. The van der Waals surface area contributed by atoms with E-state index >= 15 is 0 Å². The Morgan fingerprint density at radius 3 is 2.65 bits per heavy atom. The van der Waals surface area contributed by atoms with Crippen molar-refractivity contribution in [3.8, 4) is 0 Å². The molecule has 2 aromatic rings. The SMILES string of the molecule is O=C(O)C1CCN(C(c2ccccc2)c2ccco2)C1. The summed E-state index contributed by atoms with van der Waals surface area (Å²) in [6, 6.07) is 13.9. The van der Waals surface area contributed by atoms with E-state index in [1.165, 1.54) is 0 Å². The second kappa shape index (κ2) is 5.51. The quantitative estimate of drug-likeness (QED) is 0.929. The third kappa shape index (κ3) is 2.47. The zero-order chi connectivity index (χ0) is 13.9. The summed E-state index contributed by atoms with van der Waals surface area (Å²) in [4.78, 5) is 13.3. The summed E-state index contributed by atoms with van der Waals surface area (Å²) in [5.74, 6) is -0.128. The van der Waals surface area contributed by atoms with Crippen molar-refractivity contribution in [2.45, 2.75) is 12.5 Å². The molecule has 3 rings (SSSR count). The first-order valence-electron chi connectivity index (χ1n) is 6.81. The number of hydrogen-bond donors (Lipinski definition) is 1. The van der Waals surface area contributed by atoms with Crippen LogP contribution in [0.15, 0.2) is 53.1 Å². The van der Waals surface area contributed by atoms with Gasteiger partial charge < -0.3 is 9.52 Å². The van der Waals surface area contributed by atoms with Gasteiger partial charge in [-0.15, -0.1) is 0 Å². The third-order valence-corrected chi connectivity index (χ3v) is 3.86. The van der Waals surface area contributed by atoms with Gasteiger partial charge in [0.1, 0.15) is 5.76 Å². The van der Waals surface area contributed by atoms with Gasteiger partial charge in [-0.1, -0.05) is 30.3 Å². The summed E-state index contributed by atoms with van der Waals surface area (Å²) in [7, 11) is 0. The Balaban J connectivity index is 1.90. The number of carboxylic acids is 1. The zero-order valence-electron chi connectivity index (χ0n) is 11.1. The number of nitrogens with zero attached hydrogens (tertiary/aromatic N) is 1. The first-order valence-corrected chi connectivity index (χ1v) is 6.81. The molecule has 2 heterocycles. The van der Waals surface area contributed by atoms with Crippen molar-refractivity contribution in [1.29, 1.82) is 0 Å². The van der Waals surface area contributed by atoms with Crippen molar-refractivity contribution in [3.05, 3.63) is 60.1 Å². The van der Waals surface area contributed by atoms with Crippen LogP contribution in [0.1, 0.15) is 23.8 Å². The largest absolute Gasteiger partial charge is 0.481 e. The second-order valence-corrected chi connectivity index (χ2v) is 5.15. The number of carboxylic acid groups (broad SMARTS) is 1. The van der Waals surface area contributed by atoms with Crippen molar-refractivity contribution < 1.29 is 14.3 Å². The van der Waals surface area contributed by atoms with Crippen LogP contribution in [0, 0.1) is 5.92 Å². The standard InChI is InChI=1S/C16H17NO3/c18-16(19)13-8-9-17(11-13)15(14-7-4-10-20-14)12-5-2-1-3-6-12/h1-7,10,13,15H,8-9,11H2,(H,18,19). The fourth-order valence-corrected chi connectivity index (χ4v) is 2.86. The molecule has 4 nitrogen and oxygen atoms in total. The number of aliphatic carboxylic acids is 1. The van der Waals surface area contributed by atoms with Crippen LogP contribution in [-0.4, -0.2) is 29.1 Å². The number of likely N-dealkylation sites (tertiary alicyclic amines) is 1. The van der Waals surface area contributed by atoms with Crippen LogP contribution in [0.25, 0.3) is 0 Å². The lowest BCUT2D eigenvalue weighted by Gasteiger charge is -2.26. The first kappa shape index (κ1) is 12.9. The second-order valence-electron chi connectivity index (χ2n) is 5.15. The molecule has 1 saturated heterocycles. The summed E-state index contributed by atoms with van der Waals surface area (Å²) in [5.41, 5.74) is 1.13. The van der Waals surface area contributed by atoms with Crippen molar-refractivity contribution in [2.75, 3.05) is 13.1 Å². The van der Waals surface area contributed by atoms with Gasteiger partial charge in [-0.25, -0.2) is 0 Å². The van der Waals surface area contributed by atoms with E-state index in [4.69, 9.17) is 9.52 Å². The Labute approximate surface area is 117 Å². The fraction of sp³-hybridized carbons (Fsp3) is 0.312. The number of rotatable bonds is 4. The van der Waals surface area contributed by atoms with E-state index in [2.05, 4.69) is 17.0 Å². The molecule has 0 amide bonds. The van der Waals surface area contributed by atoms with Crippen molar-refractivity contribution in [2.24, 2.45) is 5.92 Å². The molecular formula is C16H17NO3. The van der Waals surface area contributed by atoms with Crippen LogP contribution < -0.4 is 0 Å². The molecule has 104 valence electrons. The molecule has 4 heteroatoms. The highest BCUT2D eigenvalue weighted by atomic mass is 16.4. The topological polar surface area (TPSA) is 53.7 Å². The molecule has 1 fully saturated rings. The average Bonchev–Trinajstić information content (AvgIpc) is 3.12. The lowest BCUT2D eigenvalue weighted by atomic mass is 10.0. The highest BCUT2D eigenvalue weighted by molar-refractivity contribution is 5.70. The molecule has 1 N–H and O–H groups in total. The Bertz CT molecular complexity index is 565. The summed E-state index contributed by atoms with van der Waals surface area (Å²) in [6.45, 7) is 1.34. The summed E-state index contributed by atoms with van der Waals surface area (Å²) < 4.78 is 5.57. The van der Waals surface area contributed by atoms with E-state index in [-0.39, 0.29) is 12.0 Å². The maximum atomic E-state index is 11.1. The van der Waals surface area contributed by atoms with Gasteiger partial charge in [-0.2, -0.15) is 0 Å². The average molecular weight is 271 g/mol. The molecule has 0 radical (unpaired) electrons. The maximum Gasteiger partial charge on any atom is 0.307 e. The molecule has 1 aromatic heterocycles. The van der Waals surface area contributed by atoms with E-state index in [0.717, 1.165) is 17.9 Å². The fourth-order valence-electron chi connectivity index (χ4n) is 2.86. The van der Waals surface area contributed by atoms with Crippen LogP contribution in [0.2, 0.25) is 0 Å². The lowest BCUT2D eigenvalue weighted by Crippen LogP contribution is -2.28. The Hall–Kier alpha value is -2.07. The predicted molar refractivity (Wildman–Crippen MR) is 74.3 cm³/mol. The van der Waals surface area contributed by atoms with E-state index in [0.29, 0.717) is 13.0 Å². The lowest BCUT2D eigenvalue weighted by molar-refractivity contribution is -0.141. The van der Waals surface area contributed by atoms with Crippen LogP contribution in [-0.2, 0) is 4.79 Å². The molecule has 0 aliphatic carbocycles. The van der Waals surface area contributed by atoms with Crippen molar-refractivity contribution in [1.82, 2.24) is 4.90 Å². The molecule has 1 aromatic carbocycles. The van der Waals surface area contributed by atoms with Crippen molar-refractivity contribution >= 4 is 5.97 Å². The van der Waals surface area contributed by atoms with Gasteiger partial charge in [0.25, 0.3) is 0 Å². The van der Waals surface area contributed by atoms with Gasteiger partial charge in [0, 0.05) is 13.1 Å². The van der Waals surface area contributed by atoms with Gasteiger partial charge in [-0.3, -0.25) is 9.69 Å². The van der Waals surface area contributed by atoms with Gasteiger partial charge in [-0.05, 0) is 24.1 Å². The highest BCUT2D eigenvalue weighted by Crippen LogP contribution is 2.33. The van der Waals surface area contributed by atoms with Gasteiger partial charge in [0.2, 0.25) is 0 Å². The number of benzene rings is 1. The minimum atomic E-state index is -0.709. The predicted octanol–water partition coefficient (Wildman–Crippen LogP) is 2.78. The van der Waals surface area contributed by atoms with E-state index in [1.54, 1.807) is 6.26 Å². The molecule has 0 bridgehead atoms. The highest BCUT2D eigenvalue weighted by Gasteiger charge is 2.34. The minimum Gasteiger partial charge on any atom is -0.481 e. The third-order valence-electron chi connectivity index (χ3n) is 3.86. The Kier molecular flexibility index (Phi) is 3.56. The van der Waals surface area contributed by atoms with E-state index in [1.807, 2.05) is 30.3 Å². The van der Waals surface area contributed by atoms with Gasteiger partial charge in [0.05, 0.1) is 18.2 Å². The van der Waals surface area contributed by atoms with Crippen LogP contribution >= 0.6 is 0 Å². The normalized spacial score (nSPS) is 20.9. The monoisotopic (exact) mass is 271 g/mol. The molecule has 2 atom stereocenters. The molecule has 2 unspecified atom stereocenters. The molecular weight excluding hydrogens is 254 g/mol. The Morgan fingerprint density at radius 1 is 1.25 bits per heavy atom. The molecule has 1 aliphatic heterocycles. The minimum absolute atomic E-state index is 0.00412. The molecule has 1 aliphatic rings. The molecule has 20 heavy (non-hydrogen) atoms. The maximum absolute atomic E-state index is 11.1. The van der Waals surface area contributed by atoms with E-state index < -0.39 is 5.97 Å². The molecule has 0 saturated carbocycles. The van der Waals surface area contributed by atoms with Crippen LogP contribution in [0.5, 0.6) is 0 Å². The van der Waals surface area contributed by atoms with Crippen molar-refractivity contribution in [3.63, 3.8) is 0 Å². The van der Waals surface area contributed by atoms with E-state index in [9.17, 15) is 4.79 Å². The summed E-state index contributed by atoms with van der Waals surface area (Å²) in [6.07, 6.45) is 2.36. The number of furan rings is 1. The molecule has 0 spiro atoms.